The van der Waals surface area contributed by atoms with Gasteiger partial charge >= 0.3 is 6.18 Å². The summed E-state index contributed by atoms with van der Waals surface area (Å²) in [6.45, 7) is 0. The van der Waals surface area contributed by atoms with Crippen molar-refractivity contribution in [2.24, 2.45) is 5.92 Å². The van der Waals surface area contributed by atoms with Gasteiger partial charge in [-0.25, -0.2) is 13.1 Å². The number of carbonyl (C=O) groups is 1. The Labute approximate surface area is 160 Å². The minimum atomic E-state index is -4.28. The number of carbonyl (C=O) groups excluding carboxylic acids is 1. The lowest BCUT2D eigenvalue weighted by Crippen LogP contribution is -2.41. The van der Waals surface area contributed by atoms with Gasteiger partial charge in [-0.15, -0.1) is 0 Å². The van der Waals surface area contributed by atoms with Crippen LogP contribution < -0.4 is 10.0 Å². The molecule has 2 aliphatic rings. The minimum Gasteiger partial charge on any atom is -0.349 e. The number of hydrogen-bond acceptors (Lipinski definition) is 3. The Morgan fingerprint density at radius 1 is 1.11 bits per heavy atom. The molecule has 2 atom stereocenters. The first kappa shape index (κ1) is 20.4. The first-order valence-electron chi connectivity index (χ1n) is 8.76. The molecular formula is C17H20ClF3N2O3S. The summed E-state index contributed by atoms with van der Waals surface area (Å²) in [6, 6.07) is 3.10. The van der Waals surface area contributed by atoms with E-state index in [1.165, 1.54) is 12.1 Å². The second-order valence-electron chi connectivity index (χ2n) is 7.12. The maximum atomic E-state index is 12.9. The normalized spacial score (nSPS) is 23.9. The van der Waals surface area contributed by atoms with E-state index >= 15 is 0 Å². The fourth-order valence-electron chi connectivity index (χ4n) is 3.22. The first-order chi connectivity index (χ1) is 12.6. The third kappa shape index (κ3) is 5.14. The van der Waals surface area contributed by atoms with Gasteiger partial charge in [-0.05, 0) is 50.3 Å². The van der Waals surface area contributed by atoms with E-state index in [9.17, 15) is 26.4 Å². The van der Waals surface area contributed by atoms with Crippen LogP contribution in [0.3, 0.4) is 0 Å². The van der Waals surface area contributed by atoms with E-state index in [1.807, 2.05) is 0 Å². The van der Waals surface area contributed by atoms with Gasteiger partial charge in [0.25, 0.3) is 5.91 Å². The maximum absolute atomic E-state index is 12.9. The van der Waals surface area contributed by atoms with Gasteiger partial charge in [0.05, 0.1) is 10.9 Å². The molecule has 5 nitrogen and oxygen atoms in total. The average Bonchev–Trinajstić information content (AvgIpc) is 3.37. The summed E-state index contributed by atoms with van der Waals surface area (Å²) >= 11 is 5.97. The maximum Gasteiger partial charge on any atom is 0.391 e. The molecule has 2 fully saturated rings. The minimum absolute atomic E-state index is 0.0190. The monoisotopic (exact) mass is 424 g/mol. The molecule has 0 saturated heterocycles. The van der Waals surface area contributed by atoms with Crippen LogP contribution in [0.5, 0.6) is 0 Å². The van der Waals surface area contributed by atoms with Crippen LogP contribution in [0.4, 0.5) is 13.2 Å². The van der Waals surface area contributed by atoms with Gasteiger partial charge in [-0.2, -0.15) is 13.2 Å². The molecule has 2 saturated carbocycles. The molecule has 0 aromatic heterocycles. The van der Waals surface area contributed by atoms with Crippen molar-refractivity contribution in [3.63, 3.8) is 0 Å². The van der Waals surface area contributed by atoms with Crippen molar-refractivity contribution in [2.75, 3.05) is 0 Å². The topological polar surface area (TPSA) is 75.3 Å². The van der Waals surface area contributed by atoms with Crippen LogP contribution in [0, 0.1) is 5.92 Å². The van der Waals surface area contributed by atoms with E-state index in [0.717, 1.165) is 18.9 Å². The molecule has 0 heterocycles. The molecule has 10 heteroatoms. The van der Waals surface area contributed by atoms with Crippen molar-refractivity contribution in [1.29, 1.82) is 0 Å². The molecule has 2 N–H and O–H groups in total. The summed E-state index contributed by atoms with van der Waals surface area (Å²) in [4.78, 5) is 12.2. The number of alkyl halides is 3. The lowest BCUT2D eigenvalue weighted by molar-refractivity contribution is -0.183. The van der Waals surface area contributed by atoms with Crippen molar-refractivity contribution in [3.05, 3.63) is 28.8 Å². The van der Waals surface area contributed by atoms with Crippen LogP contribution in [0.2, 0.25) is 5.02 Å². The summed E-state index contributed by atoms with van der Waals surface area (Å²) in [5.41, 5.74) is 0.0460. The van der Waals surface area contributed by atoms with Crippen molar-refractivity contribution in [2.45, 2.75) is 61.7 Å². The highest BCUT2D eigenvalue weighted by Crippen LogP contribution is 2.37. The number of halogens is 4. The zero-order valence-electron chi connectivity index (χ0n) is 14.4. The van der Waals surface area contributed by atoms with E-state index in [0.29, 0.717) is 12.8 Å². The summed E-state index contributed by atoms with van der Waals surface area (Å²) in [5.74, 6) is -2.04. The fourth-order valence-corrected chi connectivity index (χ4v) is 5.05. The number of benzene rings is 1. The molecular weight excluding hydrogens is 405 g/mol. The van der Waals surface area contributed by atoms with Crippen molar-refractivity contribution in [3.8, 4) is 0 Å². The van der Waals surface area contributed by atoms with Gasteiger partial charge in [-0.1, -0.05) is 18.0 Å². The molecule has 1 aromatic rings. The fraction of sp³-hybridized carbons (Fsp3) is 0.588. The van der Waals surface area contributed by atoms with E-state index in [-0.39, 0.29) is 34.4 Å². The van der Waals surface area contributed by atoms with Crippen LogP contribution in [-0.2, 0) is 10.0 Å². The molecule has 27 heavy (non-hydrogen) atoms. The number of nitrogens with one attached hydrogen (secondary N) is 2. The molecule has 0 aliphatic heterocycles. The lowest BCUT2D eigenvalue weighted by atomic mass is 9.85. The smallest absolute Gasteiger partial charge is 0.349 e. The quantitative estimate of drug-likeness (QED) is 0.757. The first-order valence-corrected chi connectivity index (χ1v) is 10.6. The average molecular weight is 425 g/mol. The molecule has 3 rings (SSSR count). The molecule has 0 bridgehead atoms. The number of rotatable bonds is 5. The predicted molar refractivity (Wildman–Crippen MR) is 94.1 cm³/mol. The van der Waals surface area contributed by atoms with Crippen molar-refractivity contribution in [1.82, 2.24) is 10.0 Å². The van der Waals surface area contributed by atoms with Crippen LogP contribution >= 0.6 is 11.6 Å². The SMILES string of the molecule is O=C(NC1CCCC(C(F)(F)F)C1)c1ccc(Cl)c(S(=O)(=O)NC2CC2)c1. The Morgan fingerprint density at radius 3 is 2.44 bits per heavy atom. The van der Waals surface area contributed by atoms with Gasteiger partial charge in [-0.3, -0.25) is 4.79 Å². The third-order valence-corrected chi connectivity index (χ3v) is 6.86. The molecule has 0 spiro atoms. The summed E-state index contributed by atoms with van der Waals surface area (Å²) in [5, 5.41) is 2.57. The largest absolute Gasteiger partial charge is 0.391 e. The third-order valence-electron chi connectivity index (χ3n) is 4.85. The molecule has 0 radical (unpaired) electrons. The Hall–Kier alpha value is -1.32. The van der Waals surface area contributed by atoms with Crippen LogP contribution in [0.15, 0.2) is 23.1 Å². The van der Waals surface area contributed by atoms with Gasteiger partial charge in [0.2, 0.25) is 10.0 Å². The van der Waals surface area contributed by atoms with Gasteiger partial charge in [0, 0.05) is 17.6 Å². The van der Waals surface area contributed by atoms with Gasteiger partial charge < -0.3 is 5.32 Å². The highest BCUT2D eigenvalue weighted by Gasteiger charge is 2.42. The van der Waals surface area contributed by atoms with Crippen molar-refractivity contribution >= 4 is 27.5 Å². The Balaban J connectivity index is 1.72. The predicted octanol–water partition coefficient (Wildman–Crippen LogP) is 3.63. The number of amides is 1. The molecule has 2 unspecified atom stereocenters. The second kappa shape index (κ2) is 7.60. The van der Waals surface area contributed by atoms with Gasteiger partial charge in [0.1, 0.15) is 4.90 Å². The van der Waals surface area contributed by atoms with E-state index < -0.39 is 34.1 Å². The summed E-state index contributed by atoms with van der Waals surface area (Å²) < 4.78 is 66.0. The molecule has 2 aliphatic carbocycles. The standard InChI is InChI=1S/C17H20ClF3N2O3S/c18-14-7-4-10(8-15(14)27(25,26)23-12-5-6-12)16(24)22-13-3-1-2-11(9-13)17(19,20)21/h4,7-8,11-13,23H,1-3,5-6,9H2,(H,22,24). The Kier molecular flexibility index (Phi) is 5.74. The summed E-state index contributed by atoms with van der Waals surface area (Å²) in [6.07, 6.45) is -2.05. The molecule has 1 aromatic carbocycles. The van der Waals surface area contributed by atoms with E-state index in [2.05, 4.69) is 10.0 Å². The summed E-state index contributed by atoms with van der Waals surface area (Å²) in [7, 11) is -3.86. The van der Waals surface area contributed by atoms with Crippen molar-refractivity contribution < 1.29 is 26.4 Å². The van der Waals surface area contributed by atoms with E-state index in [4.69, 9.17) is 11.6 Å². The number of sulfonamides is 1. The van der Waals surface area contributed by atoms with Gasteiger partial charge in [0.15, 0.2) is 0 Å². The lowest BCUT2D eigenvalue weighted by Gasteiger charge is -2.31. The van der Waals surface area contributed by atoms with Crippen LogP contribution in [-0.4, -0.2) is 32.6 Å². The zero-order chi connectivity index (χ0) is 19.8. The van der Waals surface area contributed by atoms with Crippen LogP contribution in [0.1, 0.15) is 48.9 Å². The Morgan fingerprint density at radius 2 is 1.81 bits per heavy atom. The van der Waals surface area contributed by atoms with E-state index in [1.54, 1.807) is 0 Å². The molecule has 1 amide bonds. The molecule has 150 valence electrons. The number of hydrogen-bond donors (Lipinski definition) is 2. The highest BCUT2D eigenvalue weighted by molar-refractivity contribution is 7.89. The van der Waals surface area contributed by atoms with Crippen LogP contribution in [0.25, 0.3) is 0 Å². The second-order valence-corrected chi connectivity index (χ2v) is 9.21. The highest BCUT2D eigenvalue weighted by atomic mass is 35.5. The Bertz CT molecular complexity index is 825. The zero-order valence-corrected chi connectivity index (χ0v) is 15.9.